The number of hydrogen-bond acceptors (Lipinski definition) is 3. The van der Waals surface area contributed by atoms with Crippen molar-refractivity contribution in [2.24, 2.45) is 17.8 Å². The van der Waals surface area contributed by atoms with Crippen LogP contribution in [0.25, 0.3) is 0 Å². The van der Waals surface area contributed by atoms with Gasteiger partial charge in [0.15, 0.2) is 0 Å². The van der Waals surface area contributed by atoms with Gasteiger partial charge in [0.25, 0.3) is 0 Å². The molecule has 2 fully saturated rings. The maximum atomic E-state index is 12.1. The molecule has 0 spiro atoms. The highest BCUT2D eigenvalue weighted by molar-refractivity contribution is 5.85. The largest absolute Gasteiger partial charge is 0.355 e. The number of carbonyl (C=O) groups is 1. The minimum absolute atomic E-state index is 0. The maximum Gasteiger partial charge on any atom is 0.220 e. The second-order valence-electron chi connectivity index (χ2n) is 7.19. The molecule has 0 aromatic heterocycles. The fourth-order valence-corrected chi connectivity index (χ4v) is 3.74. The number of piperidine rings is 2. The molecule has 6 heteroatoms. The highest BCUT2D eigenvalue weighted by Crippen LogP contribution is 2.22. The predicted molar refractivity (Wildman–Crippen MR) is 102 cm³/mol. The molecule has 0 bridgehead atoms. The molecule has 2 aliphatic heterocycles. The Morgan fingerprint density at radius 2 is 2.09 bits per heavy atom. The van der Waals surface area contributed by atoms with Crippen LogP contribution in [0.4, 0.5) is 0 Å². The zero-order valence-corrected chi connectivity index (χ0v) is 16.3. The van der Waals surface area contributed by atoms with Gasteiger partial charge < -0.3 is 15.5 Å². The van der Waals surface area contributed by atoms with Crippen molar-refractivity contribution in [2.45, 2.75) is 46.0 Å². The van der Waals surface area contributed by atoms with Crippen molar-refractivity contribution in [3.63, 3.8) is 0 Å². The van der Waals surface area contributed by atoms with Gasteiger partial charge in [-0.25, -0.2) is 0 Å². The second-order valence-corrected chi connectivity index (χ2v) is 7.19. The van der Waals surface area contributed by atoms with E-state index in [2.05, 4.69) is 29.4 Å². The van der Waals surface area contributed by atoms with Gasteiger partial charge in [0, 0.05) is 26.1 Å². The lowest BCUT2D eigenvalue weighted by atomic mass is 9.85. The lowest BCUT2D eigenvalue weighted by Crippen LogP contribution is -2.41. The van der Waals surface area contributed by atoms with E-state index < -0.39 is 0 Å². The molecule has 2 heterocycles. The summed E-state index contributed by atoms with van der Waals surface area (Å²) in [4.78, 5) is 14.5. The molecule has 3 atom stereocenters. The fraction of sp³-hybridized carbons (Fsp3) is 0.941. The molecule has 0 aromatic rings. The summed E-state index contributed by atoms with van der Waals surface area (Å²) in [7, 11) is 0. The van der Waals surface area contributed by atoms with Crippen molar-refractivity contribution in [1.82, 2.24) is 15.5 Å². The van der Waals surface area contributed by atoms with Gasteiger partial charge in [0.1, 0.15) is 0 Å². The molecule has 2 saturated heterocycles. The Morgan fingerprint density at radius 3 is 2.74 bits per heavy atom. The second kappa shape index (κ2) is 12.3. The summed E-state index contributed by atoms with van der Waals surface area (Å²) < 4.78 is 0. The van der Waals surface area contributed by atoms with Crippen molar-refractivity contribution in [3.05, 3.63) is 0 Å². The summed E-state index contributed by atoms with van der Waals surface area (Å²) in [6.07, 6.45) is 5.87. The van der Waals surface area contributed by atoms with E-state index in [9.17, 15) is 4.79 Å². The zero-order chi connectivity index (χ0) is 15.1. The van der Waals surface area contributed by atoms with Gasteiger partial charge in [-0.3, -0.25) is 4.79 Å². The van der Waals surface area contributed by atoms with Crippen molar-refractivity contribution < 1.29 is 4.79 Å². The smallest absolute Gasteiger partial charge is 0.220 e. The van der Waals surface area contributed by atoms with Gasteiger partial charge in [-0.1, -0.05) is 13.8 Å². The standard InChI is InChI=1S/C17H33N3O.2ClH/c1-14-5-4-9-20(13-14)10-8-19-17(21)11-15(2)16-6-3-7-18-12-16;;/h14-16,18H,3-13H2,1-2H3,(H,19,21);2*1H. The molecule has 3 unspecified atom stereocenters. The zero-order valence-electron chi connectivity index (χ0n) is 14.7. The van der Waals surface area contributed by atoms with Gasteiger partial charge in [0.2, 0.25) is 5.91 Å². The summed E-state index contributed by atoms with van der Waals surface area (Å²) in [5.41, 5.74) is 0. The molecule has 0 aromatic carbocycles. The predicted octanol–water partition coefficient (Wildman–Crippen LogP) is 2.70. The molecule has 2 rings (SSSR count). The van der Waals surface area contributed by atoms with E-state index in [0.717, 1.165) is 32.1 Å². The van der Waals surface area contributed by atoms with Crippen LogP contribution in [0.2, 0.25) is 0 Å². The fourth-order valence-electron chi connectivity index (χ4n) is 3.74. The van der Waals surface area contributed by atoms with E-state index in [-0.39, 0.29) is 30.7 Å². The number of nitrogens with one attached hydrogen (secondary N) is 2. The Bertz CT molecular complexity index is 325. The first-order valence-electron chi connectivity index (χ1n) is 8.85. The van der Waals surface area contributed by atoms with Gasteiger partial charge in [-0.05, 0) is 63.1 Å². The van der Waals surface area contributed by atoms with E-state index in [1.165, 1.54) is 38.8 Å². The summed E-state index contributed by atoms with van der Waals surface area (Å²) in [5, 5.41) is 6.55. The Hall–Kier alpha value is -0.0300. The molecule has 0 saturated carbocycles. The van der Waals surface area contributed by atoms with E-state index in [1.54, 1.807) is 0 Å². The number of amides is 1. The topological polar surface area (TPSA) is 44.4 Å². The third-order valence-electron chi connectivity index (χ3n) is 5.14. The van der Waals surface area contributed by atoms with Gasteiger partial charge in [0.05, 0.1) is 0 Å². The highest BCUT2D eigenvalue weighted by Gasteiger charge is 2.22. The Balaban J connectivity index is 0.00000242. The molecule has 0 aliphatic carbocycles. The van der Waals surface area contributed by atoms with Crippen LogP contribution in [-0.4, -0.2) is 50.1 Å². The van der Waals surface area contributed by atoms with Crippen LogP contribution < -0.4 is 10.6 Å². The van der Waals surface area contributed by atoms with E-state index in [0.29, 0.717) is 18.3 Å². The summed E-state index contributed by atoms with van der Waals surface area (Å²) in [5.74, 6) is 2.21. The van der Waals surface area contributed by atoms with Crippen molar-refractivity contribution in [2.75, 3.05) is 39.3 Å². The molecule has 0 radical (unpaired) electrons. The third-order valence-corrected chi connectivity index (χ3v) is 5.14. The van der Waals surface area contributed by atoms with Gasteiger partial charge in [-0.15, -0.1) is 24.8 Å². The molecule has 138 valence electrons. The highest BCUT2D eigenvalue weighted by atomic mass is 35.5. The van der Waals surface area contributed by atoms with Crippen LogP contribution in [0.1, 0.15) is 46.0 Å². The molecular weight excluding hydrogens is 333 g/mol. The van der Waals surface area contributed by atoms with Crippen LogP contribution in [0.15, 0.2) is 0 Å². The quantitative estimate of drug-likeness (QED) is 0.758. The van der Waals surface area contributed by atoms with Crippen LogP contribution in [0.5, 0.6) is 0 Å². The number of nitrogens with zero attached hydrogens (tertiary/aromatic N) is 1. The minimum atomic E-state index is 0. The third kappa shape index (κ3) is 8.57. The Morgan fingerprint density at radius 1 is 1.30 bits per heavy atom. The summed E-state index contributed by atoms with van der Waals surface area (Å²) in [6, 6.07) is 0. The Kier molecular flexibility index (Phi) is 12.3. The monoisotopic (exact) mass is 367 g/mol. The number of rotatable bonds is 6. The van der Waals surface area contributed by atoms with Crippen LogP contribution in [0.3, 0.4) is 0 Å². The first kappa shape index (κ1) is 23.0. The molecule has 23 heavy (non-hydrogen) atoms. The first-order valence-corrected chi connectivity index (χ1v) is 8.85. The van der Waals surface area contributed by atoms with Crippen molar-refractivity contribution in [1.29, 1.82) is 0 Å². The SMILES string of the molecule is CC1CCCN(CCNC(=O)CC(C)C2CCCNC2)C1.Cl.Cl. The number of hydrogen-bond donors (Lipinski definition) is 2. The van der Waals surface area contributed by atoms with E-state index in [4.69, 9.17) is 0 Å². The number of likely N-dealkylation sites (tertiary alicyclic amines) is 1. The molecule has 2 N–H and O–H groups in total. The normalized spacial score (nSPS) is 26.5. The van der Waals surface area contributed by atoms with Crippen LogP contribution >= 0.6 is 24.8 Å². The minimum Gasteiger partial charge on any atom is -0.355 e. The number of halogens is 2. The Labute approximate surface area is 154 Å². The molecule has 1 amide bonds. The van der Waals surface area contributed by atoms with Crippen molar-refractivity contribution >= 4 is 30.7 Å². The first-order chi connectivity index (χ1) is 10.1. The van der Waals surface area contributed by atoms with Crippen LogP contribution in [-0.2, 0) is 4.79 Å². The van der Waals surface area contributed by atoms with E-state index >= 15 is 0 Å². The summed E-state index contributed by atoms with van der Waals surface area (Å²) in [6.45, 7) is 11.0. The summed E-state index contributed by atoms with van der Waals surface area (Å²) >= 11 is 0. The lowest BCUT2D eigenvalue weighted by molar-refractivity contribution is -0.122. The lowest BCUT2D eigenvalue weighted by Gasteiger charge is -2.31. The molecule has 4 nitrogen and oxygen atoms in total. The van der Waals surface area contributed by atoms with Crippen molar-refractivity contribution in [3.8, 4) is 0 Å². The molecular formula is C17H35Cl2N3O. The molecule has 2 aliphatic rings. The maximum absolute atomic E-state index is 12.1. The van der Waals surface area contributed by atoms with Gasteiger partial charge in [-0.2, -0.15) is 0 Å². The van der Waals surface area contributed by atoms with E-state index in [1.807, 2.05) is 0 Å². The number of carbonyl (C=O) groups excluding carboxylic acids is 1. The average molecular weight is 368 g/mol. The van der Waals surface area contributed by atoms with Crippen LogP contribution in [0, 0.1) is 17.8 Å². The van der Waals surface area contributed by atoms with Gasteiger partial charge >= 0.3 is 0 Å². The average Bonchev–Trinajstić information content (AvgIpc) is 2.48.